The van der Waals surface area contributed by atoms with Gasteiger partial charge in [-0.3, -0.25) is 10.1 Å². The Bertz CT molecular complexity index is 1210. The molecule has 3 aromatic rings. The van der Waals surface area contributed by atoms with E-state index < -0.39 is 10.8 Å². The van der Waals surface area contributed by atoms with E-state index in [1.54, 1.807) is 41.3 Å². The Morgan fingerprint density at radius 3 is 2.42 bits per heavy atom. The van der Waals surface area contributed by atoms with E-state index in [2.05, 4.69) is 21.4 Å². The molecule has 1 atom stereocenters. The number of rotatable bonds is 8. The van der Waals surface area contributed by atoms with Crippen molar-refractivity contribution in [2.24, 2.45) is 0 Å². The zero-order valence-electron chi connectivity index (χ0n) is 18.3. The Labute approximate surface area is 202 Å². The van der Waals surface area contributed by atoms with Crippen LogP contribution in [0.4, 0.5) is 23.0 Å². The van der Waals surface area contributed by atoms with Crippen molar-refractivity contribution < 1.29 is 4.92 Å². The zero-order chi connectivity index (χ0) is 24.1. The summed E-state index contributed by atoms with van der Waals surface area (Å²) in [4.78, 5) is 21.4. The monoisotopic (exact) mass is 484 g/mol. The number of halogens is 2. The largest absolute Gasteiger partial charge is 0.353 e. The van der Waals surface area contributed by atoms with Crippen LogP contribution < -0.4 is 10.2 Å². The summed E-state index contributed by atoms with van der Waals surface area (Å²) in [6.45, 7) is 6.76. The number of benzene rings is 2. The lowest BCUT2D eigenvalue weighted by Gasteiger charge is -2.20. The Morgan fingerprint density at radius 1 is 1.18 bits per heavy atom. The van der Waals surface area contributed by atoms with Crippen molar-refractivity contribution in [3.8, 4) is 6.07 Å². The first kappa shape index (κ1) is 24.2. The maximum atomic E-state index is 11.9. The molecule has 1 unspecified atom stereocenters. The summed E-state index contributed by atoms with van der Waals surface area (Å²) in [6, 6.07) is 12.7. The fourth-order valence-corrected chi connectivity index (χ4v) is 3.95. The molecule has 33 heavy (non-hydrogen) atoms. The lowest BCUT2D eigenvalue weighted by molar-refractivity contribution is -0.383. The second kappa shape index (κ2) is 10.5. The topological polar surface area (TPSA) is 108 Å². The van der Waals surface area contributed by atoms with Crippen LogP contribution in [-0.4, -0.2) is 28.0 Å². The van der Waals surface area contributed by atoms with Gasteiger partial charge in [0, 0.05) is 28.8 Å². The molecule has 1 aromatic heterocycles. The number of hydrogen-bond acceptors (Lipinski definition) is 7. The van der Waals surface area contributed by atoms with E-state index in [0.717, 1.165) is 11.1 Å². The number of nitrogens with zero attached hydrogens (tertiary/aromatic N) is 5. The van der Waals surface area contributed by atoms with Gasteiger partial charge in [0.1, 0.15) is 6.33 Å². The molecule has 0 radical (unpaired) electrons. The minimum atomic E-state index is -0.592. The molecular formula is C23H22Cl2N6O2. The van der Waals surface area contributed by atoms with Gasteiger partial charge < -0.3 is 10.2 Å². The SMILES string of the molecule is CCN(CC)c1ncnc(Nc2cc(Cl)c(C(C#N)c3ccc(Cl)cc3)cc2C)c1[N+](=O)[O-]. The summed E-state index contributed by atoms with van der Waals surface area (Å²) >= 11 is 12.5. The highest BCUT2D eigenvalue weighted by Crippen LogP contribution is 2.38. The molecule has 0 amide bonds. The van der Waals surface area contributed by atoms with Crippen LogP contribution in [0.15, 0.2) is 42.7 Å². The molecule has 170 valence electrons. The molecule has 0 bridgehead atoms. The molecule has 2 aromatic carbocycles. The molecule has 0 saturated heterocycles. The standard InChI is InChI=1S/C23H22Cl2N6O2/c1-4-30(5-2)23-21(31(32)33)22(27-13-28-23)29-20-11-19(25)17(10-14(20)3)18(12-26)15-6-8-16(24)9-7-15/h6-11,13,18H,4-5H2,1-3H3,(H,27,28,29). The van der Waals surface area contributed by atoms with Crippen molar-refractivity contribution in [3.63, 3.8) is 0 Å². The Morgan fingerprint density at radius 2 is 1.85 bits per heavy atom. The number of aromatic nitrogens is 2. The number of aryl methyl sites for hydroxylation is 1. The average molecular weight is 485 g/mol. The van der Waals surface area contributed by atoms with Crippen molar-refractivity contribution in [2.75, 3.05) is 23.3 Å². The summed E-state index contributed by atoms with van der Waals surface area (Å²) in [7, 11) is 0. The highest BCUT2D eigenvalue weighted by Gasteiger charge is 2.27. The van der Waals surface area contributed by atoms with E-state index in [1.807, 2.05) is 20.8 Å². The van der Waals surface area contributed by atoms with Crippen LogP contribution in [0.3, 0.4) is 0 Å². The van der Waals surface area contributed by atoms with Crippen molar-refractivity contribution in [1.29, 1.82) is 5.26 Å². The predicted octanol–water partition coefficient (Wildman–Crippen LogP) is 6.25. The third-order valence-corrected chi connectivity index (χ3v) is 5.87. The van der Waals surface area contributed by atoms with E-state index in [4.69, 9.17) is 23.2 Å². The van der Waals surface area contributed by atoms with Gasteiger partial charge in [-0.15, -0.1) is 0 Å². The summed E-state index contributed by atoms with van der Waals surface area (Å²) in [6.07, 6.45) is 1.29. The van der Waals surface area contributed by atoms with E-state index in [0.29, 0.717) is 34.4 Å². The Kier molecular flexibility index (Phi) is 7.69. The number of nitro groups is 1. The number of hydrogen-bond donors (Lipinski definition) is 1. The lowest BCUT2D eigenvalue weighted by atomic mass is 9.91. The van der Waals surface area contributed by atoms with Crippen LogP contribution in [0.5, 0.6) is 0 Å². The summed E-state index contributed by atoms with van der Waals surface area (Å²) in [5.41, 5.74) is 2.48. The van der Waals surface area contributed by atoms with E-state index in [9.17, 15) is 15.4 Å². The maximum absolute atomic E-state index is 11.9. The predicted molar refractivity (Wildman–Crippen MR) is 131 cm³/mol. The molecule has 0 aliphatic carbocycles. The highest BCUT2D eigenvalue weighted by molar-refractivity contribution is 6.32. The number of nitriles is 1. The van der Waals surface area contributed by atoms with Gasteiger partial charge in [-0.1, -0.05) is 41.4 Å². The molecule has 0 saturated carbocycles. The van der Waals surface area contributed by atoms with Gasteiger partial charge in [-0.05, 0) is 55.7 Å². The van der Waals surface area contributed by atoms with Crippen LogP contribution in [0.25, 0.3) is 0 Å². The minimum Gasteiger partial charge on any atom is -0.351 e. The molecule has 10 heteroatoms. The molecule has 1 heterocycles. The second-order valence-corrected chi connectivity index (χ2v) is 8.09. The van der Waals surface area contributed by atoms with Crippen LogP contribution in [0, 0.1) is 28.4 Å². The first-order valence-corrected chi connectivity index (χ1v) is 11.0. The Hall–Kier alpha value is -3.41. The van der Waals surface area contributed by atoms with Crippen LogP contribution >= 0.6 is 23.2 Å². The van der Waals surface area contributed by atoms with Crippen molar-refractivity contribution in [1.82, 2.24) is 9.97 Å². The fourth-order valence-electron chi connectivity index (χ4n) is 3.55. The Balaban J connectivity index is 2.02. The van der Waals surface area contributed by atoms with Gasteiger partial charge in [0.25, 0.3) is 0 Å². The molecule has 0 aliphatic heterocycles. The third kappa shape index (κ3) is 5.16. The average Bonchev–Trinajstić information content (AvgIpc) is 2.79. The van der Waals surface area contributed by atoms with Gasteiger partial charge >= 0.3 is 5.69 Å². The second-order valence-electron chi connectivity index (χ2n) is 7.25. The summed E-state index contributed by atoms with van der Waals surface area (Å²) in [5, 5.41) is 25.6. The van der Waals surface area contributed by atoms with Crippen molar-refractivity contribution >= 4 is 46.2 Å². The minimum absolute atomic E-state index is 0.0679. The third-order valence-electron chi connectivity index (χ3n) is 5.29. The van der Waals surface area contributed by atoms with Crippen LogP contribution in [0.1, 0.15) is 36.5 Å². The van der Waals surface area contributed by atoms with Gasteiger partial charge in [-0.25, -0.2) is 9.97 Å². The van der Waals surface area contributed by atoms with Crippen LogP contribution in [-0.2, 0) is 0 Å². The first-order valence-electron chi connectivity index (χ1n) is 10.3. The number of anilines is 3. The highest BCUT2D eigenvalue weighted by atomic mass is 35.5. The summed E-state index contributed by atoms with van der Waals surface area (Å²) < 4.78 is 0. The first-order chi connectivity index (χ1) is 15.8. The molecule has 0 spiro atoms. The van der Waals surface area contributed by atoms with Crippen molar-refractivity contribution in [2.45, 2.75) is 26.7 Å². The quantitative estimate of drug-likeness (QED) is 0.297. The molecule has 8 nitrogen and oxygen atoms in total. The van der Waals surface area contributed by atoms with Gasteiger partial charge in [0.2, 0.25) is 11.6 Å². The molecular weight excluding hydrogens is 463 g/mol. The van der Waals surface area contributed by atoms with Crippen LogP contribution in [0.2, 0.25) is 10.0 Å². The van der Waals surface area contributed by atoms with E-state index in [-0.39, 0.29) is 17.3 Å². The normalized spacial score (nSPS) is 11.5. The van der Waals surface area contributed by atoms with Gasteiger partial charge in [0.15, 0.2) is 0 Å². The lowest BCUT2D eigenvalue weighted by Crippen LogP contribution is -2.24. The summed E-state index contributed by atoms with van der Waals surface area (Å²) in [5.74, 6) is -0.279. The fraction of sp³-hybridized carbons (Fsp3) is 0.261. The van der Waals surface area contributed by atoms with Gasteiger partial charge in [0.05, 0.1) is 16.9 Å². The smallest absolute Gasteiger partial charge is 0.351 e. The van der Waals surface area contributed by atoms with E-state index in [1.165, 1.54) is 6.33 Å². The number of nitrogens with one attached hydrogen (secondary N) is 1. The van der Waals surface area contributed by atoms with E-state index >= 15 is 0 Å². The van der Waals surface area contributed by atoms with Gasteiger partial charge in [-0.2, -0.15) is 5.26 Å². The molecule has 0 aliphatic rings. The zero-order valence-corrected chi connectivity index (χ0v) is 19.9. The molecule has 1 N–H and O–H groups in total. The molecule has 0 fully saturated rings. The van der Waals surface area contributed by atoms with Crippen molar-refractivity contribution in [3.05, 3.63) is 79.6 Å². The maximum Gasteiger partial charge on any atom is 0.353 e. The molecule has 3 rings (SSSR count).